The zero-order valence-electron chi connectivity index (χ0n) is 24.7. The molecular weight excluding hydrogens is 727 g/mol. The Kier molecular flexibility index (Phi) is 8.42. The van der Waals surface area contributed by atoms with Gasteiger partial charge >= 0.3 is 236 Å². The van der Waals surface area contributed by atoms with Gasteiger partial charge in [-0.3, -0.25) is 0 Å². The minimum atomic E-state index is -9.56. The number of imidazole rings is 1. The molecule has 0 spiro atoms. The van der Waals surface area contributed by atoms with E-state index in [0.717, 1.165) is 12.4 Å². The Balaban J connectivity index is 3.37. The maximum atomic E-state index is 17.2. The Morgan fingerprint density at radius 3 is 1.15 bits per heavy atom. The summed E-state index contributed by atoms with van der Waals surface area (Å²) in [6.07, 6.45) is 1.97. The van der Waals surface area contributed by atoms with Crippen molar-refractivity contribution in [1.29, 1.82) is 0 Å². The number of benzene rings is 2. The second kappa shape index (κ2) is 10.4. The van der Waals surface area contributed by atoms with Crippen molar-refractivity contribution in [3.63, 3.8) is 0 Å². The average molecular weight is 769 g/mol. The van der Waals surface area contributed by atoms with Crippen LogP contribution in [0, 0.1) is 3.63 Å². The molecule has 2 N–H and O–H groups in total. The Bertz CT molecular complexity index is 1410. The van der Waals surface area contributed by atoms with Gasteiger partial charge < -0.3 is 0 Å². The minimum absolute atomic E-state index is 0.0653. The summed E-state index contributed by atoms with van der Waals surface area (Å²) in [7, 11) is 0. The van der Waals surface area contributed by atoms with E-state index in [1.165, 1.54) is 36.4 Å². The SMILES string of the molecule is CC(C)c1cccc(C(C)C)[c]1[Au]([CH2]C=O)([c]1c(C(C)C)cccc1C(C)C)(=[c]1[nH]cc[nH]1)([C](F)(F)F)[C](F)(F)F. The molecule has 2 aromatic carbocycles. The summed E-state index contributed by atoms with van der Waals surface area (Å²) in [5.41, 5.74) is -0.261. The van der Waals surface area contributed by atoms with Crippen molar-refractivity contribution in [3.8, 4) is 0 Å². The van der Waals surface area contributed by atoms with Gasteiger partial charge in [-0.25, -0.2) is 0 Å². The molecule has 1 aromatic heterocycles. The maximum absolute atomic E-state index is 17.2. The van der Waals surface area contributed by atoms with Gasteiger partial charge in [-0.1, -0.05) is 0 Å². The van der Waals surface area contributed by atoms with Crippen molar-refractivity contribution < 1.29 is 45.2 Å². The van der Waals surface area contributed by atoms with Crippen LogP contribution in [0.3, 0.4) is 0 Å². The van der Waals surface area contributed by atoms with Crippen LogP contribution in [-0.2, 0) is 18.8 Å². The number of hydrogen-bond acceptors (Lipinski definition) is 1. The quantitative estimate of drug-likeness (QED) is 0.134. The molecule has 234 valence electrons. The molecule has 0 fully saturated rings. The second-order valence-corrected chi connectivity index (χ2v) is 27.1. The summed E-state index contributed by atoms with van der Waals surface area (Å²) in [5.74, 6) is -2.89. The van der Waals surface area contributed by atoms with Crippen molar-refractivity contribution in [3.05, 3.63) is 74.7 Å². The molecule has 0 aliphatic rings. The predicted molar refractivity (Wildman–Crippen MR) is 150 cm³/mol. The number of aldehydes is 1. The van der Waals surface area contributed by atoms with Gasteiger partial charge in [-0.2, -0.15) is 0 Å². The van der Waals surface area contributed by atoms with Crippen LogP contribution in [0.4, 0.5) is 26.3 Å². The molecule has 41 heavy (non-hydrogen) atoms. The third-order valence-corrected chi connectivity index (χ3v) is 28.7. The number of H-pyrrole nitrogens is 2. The fraction of sp³-hybridized carbons (Fsp3) is 0.484. The Morgan fingerprint density at radius 1 is 0.634 bits per heavy atom. The third-order valence-electron chi connectivity index (χ3n) is 7.51. The van der Waals surface area contributed by atoms with Crippen LogP contribution in [-0.4, -0.2) is 25.0 Å². The number of rotatable bonds is 8. The molecule has 3 aromatic rings. The van der Waals surface area contributed by atoms with Crippen LogP contribution in [0.2, 0.25) is 4.64 Å². The van der Waals surface area contributed by atoms with E-state index in [2.05, 4.69) is 9.97 Å². The van der Waals surface area contributed by atoms with Gasteiger partial charge in [0.25, 0.3) is 0 Å². The molecule has 0 aliphatic carbocycles. The standard InChI is InChI=1S/2C12H17.C3H4N2.C2H3O.2CF3.Au/c2*1-9(2)11-6-5-7-12(8-11)10(3)4;1-2-5-3-4-1;1-2-3;2*2-1(3)4;/h2*5-7,9-10H,1-4H3;1-2,4-5H;2H,1H2;;;. The van der Waals surface area contributed by atoms with Crippen LogP contribution >= 0.6 is 0 Å². The molecule has 0 saturated heterocycles. The number of nitrogens with one attached hydrogen (secondary N) is 2. The van der Waals surface area contributed by atoms with Crippen molar-refractivity contribution in [2.24, 2.45) is 0 Å². The summed E-state index contributed by atoms with van der Waals surface area (Å²) >= 11 is -9.56. The first-order valence-corrected chi connectivity index (χ1v) is 20.4. The zero-order chi connectivity index (χ0) is 31.2. The second-order valence-electron chi connectivity index (χ2n) is 11.3. The number of aromatic amines is 2. The molecule has 10 heteroatoms. The Hall–Kier alpha value is -2.36. The molecule has 1 heterocycles. The molecule has 0 radical (unpaired) electrons. The van der Waals surface area contributed by atoms with E-state index < -0.39 is 62.3 Å². The van der Waals surface area contributed by atoms with E-state index in [-0.39, 0.29) is 28.5 Å². The molecule has 0 amide bonds. The molecular formula is C31H41AuF6N2O. The van der Waals surface area contributed by atoms with E-state index in [1.807, 2.05) is 0 Å². The van der Waals surface area contributed by atoms with Crippen LogP contribution in [0.5, 0.6) is 0 Å². The predicted octanol–water partition coefficient (Wildman–Crippen LogP) is 8.90. The van der Waals surface area contributed by atoms with E-state index in [1.54, 1.807) is 55.4 Å². The molecule has 0 bridgehead atoms. The van der Waals surface area contributed by atoms with Crippen LogP contribution in [0.1, 0.15) is 101 Å². The first kappa shape index (κ1) is 33.1. The third kappa shape index (κ3) is 3.64. The average Bonchev–Trinajstić information content (AvgIpc) is 3.41. The van der Waals surface area contributed by atoms with Crippen LogP contribution in [0.15, 0.2) is 48.8 Å². The number of carbonyl (C=O) groups excluding carboxylic acids is 1. The van der Waals surface area contributed by atoms with E-state index in [4.69, 9.17) is 0 Å². The van der Waals surface area contributed by atoms with Crippen molar-refractivity contribution in [2.45, 2.75) is 92.5 Å². The number of hydrogen-bond donors (Lipinski definition) is 2. The van der Waals surface area contributed by atoms with Crippen molar-refractivity contribution in [1.82, 2.24) is 9.97 Å². The normalized spacial score (nSPS) is 15.1. The van der Waals surface area contributed by atoms with Gasteiger partial charge in [0.1, 0.15) is 0 Å². The van der Waals surface area contributed by atoms with Crippen LogP contribution in [0.25, 0.3) is 0 Å². The summed E-state index contributed by atoms with van der Waals surface area (Å²) in [6.45, 7) is 12.8. The van der Waals surface area contributed by atoms with Crippen molar-refractivity contribution >= 4 is 13.8 Å². The Morgan fingerprint density at radius 2 is 0.927 bits per heavy atom. The molecule has 3 rings (SSSR count). The fourth-order valence-corrected chi connectivity index (χ4v) is 26.8. The number of aromatic nitrogens is 2. The van der Waals surface area contributed by atoms with Crippen LogP contribution < -0.4 is 7.56 Å². The van der Waals surface area contributed by atoms with E-state index in [0.29, 0.717) is 0 Å². The zero-order valence-corrected chi connectivity index (χ0v) is 26.9. The summed E-state index contributed by atoms with van der Waals surface area (Å²) in [4.78, 5) is 17.8. The number of carbonyl (C=O) groups is 1. The summed E-state index contributed by atoms with van der Waals surface area (Å²) in [6, 6.07) is 8.50. The molecule has 0 atom stereocenters. The Labute approximate surface area is 235 Å². The first-order chi connectivity index (χ1) is 18.8. The van der Waals surface area contributed by atoms with Gasteiger partial charge in [0.05, 0.1) is 0 Å². The van der Waals surface area contributed by atoms with Gasteiger partial charge in [-0.05, 0) is 0 Å². The molecule has 3 nitrogen and oxygen atoms in total. The van der Waals surface area contributed by atoms with Gasteiger partial charge in [-0.15, -0.1) is 0 Å². The summed E-state index contributed by atoms with van der Waals surface area (Å²) < 4.78 is 87.0. The molecule has 0 saturated carbocycles. The monoisotopic (exact) mass is 768 g/mol. The van der Waals surface area contributed by atoms with Gasteiger partial charge in [0.2, 0.25) is 0 Å². The van der Waals surface area contributed by atoms with Gasteiger partial charge in [0.15, 0.2) is 0 Å². The summed E-state index contributed by atoms with van der Waals surface area (Å²) in [5, 5.41) is 0. The number of alkyl halides is 6. The first-order valence-electron chi connectivity index (χ1n) is 13.4. The van der Waals surface area contributed by atoms with Crippen molar-refractivity contribution in [2.75, 3.05) is 0 Å². The number of halogens is 6. The topological polar surface area (TPSA) is 48.6 Å². The molecule has 0 aliphatic heterocycles. The molecule has 0 unspecified atom stereocenters. The van der Waals surface area contributed by atoms with E-state index in [9.17, 15) is 4.79 Å². The van der Waals surface area contributed by atoms with E-state index >= 15 is 26.3 Å². The van der Waals surface area contributed by atoms with Gasteiger partial charge in [0, 0.05) is 0 Å². The fourth-order valence-electron chi connectivity index (χ4n) is 5.53.